The predicted octanol–water partition coefficient (Wildman–Crippen LogP) is 3.93. The van der Waals surface area contributed by atoms with Crippen molar-refractivity contribution in [1.82, 2.24) is 0 Å². The summed E-state index contributed by atoms with van der Waals surface area (Å²) in [6, 6.07) is 14.2. The molecule has 1 aliphatic rings. The van der Waals surface area contributed by atoms with E-state index in [1.165, 1.54) is 0 Å². The van der Waals surface area contributed by atoms with E-state index < -0.39 is 15.7 Å². The number of carbonyl (C=O) groups excluding carboxylic acids is 1. The van der Waals surface area contributed by atoms with E-state index in [4.69, 9.17) is 4.18 Å². The number of hydrogen-bond donors (Lipinski definition) is 1. The van der Waals surface area contributed by atoms with Crippen LogP contribution < -0.4 is 10.2 Å². The van der Waals surface area contributed by atoms with Crippen molar-refractivity contribution in [2.24, 2.45) is 0 Å². The van der Waals surface area contributed by atoms with Gasteiger partial charge in [-0.1, -0.05) is 45.0 Å². The molecule has 0 aromatic heterocycles. The van der Waals surface area contributed by atoms with E-state index in [-0.39, 0.29) is 29.4 Å². The SMILES string of the molecule is CC1(C)Nc2ccccc2N(CCOS(=O)(=O)c2ccc(C(C)(C)C)cc2)C1=O. The molecule has 0 unspecified atom stereocenters. The molecule has 1 heterocycles. The van der Waals surface area contributed by atoms with Crippen molar-refractivity contribution in [2.75, 3.05) is 23.4 Å². The van der Waals surface area contributed by atoms with Crippen molar-refractivity contribution < 1.29 is 17.4 Å². The maximum absolute atomic E-state index is 12.8. The van der Waals surface area contributed by atoms with E-state index in [9.17, 15) is 13.2 Å². The number of carbonyl (C=O) groups is 1. The number of nitrogens with one attached hydrogen (secondary N) is 1. The number of hydrogen-bond acceptors (Lipinski definition) is 5. The fourth-order valence-electron chi connectivity index (χ4n) is 3.30. The standard InChI is InChI=1S/C22H28N2O4S/c1-21(2,3)16-10-12-17(13-11-16)29(26,27)28-15-14-24-19-9-7-6-8-18(19)23-22(4,5)20(24)25/h6-13,23H,14-15H2,1-5H3. The highest BCUT2D eigenvalue weighted by atomic mass is 32.2. The molecule has 3 rings (SSSR count). The molecule has 0 saturated heterocycles. The molecule has 2 aromatic rings. The Hall–Kier alpha value is -2.38. The van der Waals surface area contributed by atoms with Crippen LogP contribution >= 0.6 is 0 Å². The third kappa shape index (κ3) is 4.46. The van der Waals surface area contributed by atoms with Crippen molar-refractivity contribution in [3.8, 4) is 0 Å². The smallest absolute Gasteiger partial charge is 0.297 e. The zero-order chi connectivity index (χ0) is 21.4. The lowest BCUT2D eigenvalue weighted by Gasteiger charge is -2.39. The Morgan fingerprint density at radius 1 is 1.03 bits per heavy atom. The summed E-state index contributed by atoms with van der Waals surface area (Å²) in [6.07, 6.45) is 0. The molecular weight excluding hydrogens is 388 g/mol. The topological polar surface area (TPSA) is 75.7 Å². The number of para-hydroxylation sites is 2. The lowest BCUT2D eigenvalue weighted by molar-refractivity contribution is -0.122. The van der Waals surface area contributed by atoms with Crippen molar-refractivity contribution >= 4 is 27.4 Å². The molecule has 29 heavy (non-hydrogen) atoms. The highest BCUT2D eigenvalue weighted by Gasteiger charge is 2.38. The lowest BCUT2D eigenvalue weighted by atomic mass is 9.87. The quantitative estimate of drug-likeness (QED) is 0.748. The summed E-state index contributed by atoms with van der Waals surface area (Å²) in [5.74, 6) is -0.133. The first-order valence-electron chi connectivity index (χ1n) is 9.61. The second-order valence-corrected chi connectivity index (χ2v) is 10.4. The first kappa shape index (κ1) is 21.3. The normalized spacial score (nSPS) is 16.3. The highest BCUT2D eigenvalue weighted by molar-refractivity contribution is 7.86. The Morgan fingerprint density at radius 3 is 2.28 bits per heavy atom. The van der Waals surface area contributed by atoms with Gasteiger partial charge in [0.15, 0.2) is 0 Å². The Morgan fingerprint density at radius 2 is 1.66 bits per heavy atom. The zero-order valence-corrected chi connectivity index (χ0v) is 18.3. The van der Waals surface area contributed by atoms with Crippen LogP contribution in [0.5, 0.6) is 0 Å². The van der Waals surface area contributed by atoms with Gasteiger partial charge in [-0.2, -0.15) is 8.42 Å². The monoisotopic (exact) mass is 416 g/mol. The van der Waals surface area contributed by atoms with Crippen LogP contribution in [0.1, 0.15) is 40.2 Å². The van der Waals surface area contributed by atoms with Gasteiger partial charge in [0, 0.05) is 0 Å². The molecule has 1 N–H and O–H groups in total. The first-order valence-corrected chi connectivity index (χ1v) is 11.0. The number of anilines is 2. The van der Waals surface area contributed by atoms with Crippen LogP contribution in [-0.2, 0) is 24.5 Å². The van der Waals surface area contributed by atoms with Crippen molar-refractivity contribution in [3.63, 3.8) is 0 Å². The summed E-state index contributed by atoms with van der Waals surface area (Å²) < 4.78 is 30.3. The summed E-state index contributed by atoms with van der Waals surface area (Å²) in [7, 11) is -3.90. The minimum Gasteiger partial charge on any atom is -0.370 e. The van der Waals surface area contributed by atoms with Gasteiger partial charge >= 0.3 is 0 Å². The van der Waals surface area contributed by atoms with Gasteiger partial charge in [-0.05, 0) is 49.1 Å². The molecular formula is C22H28N2O4S. The van der Waals surface area contributed by atoms with E-state index in [2.05, 4.69) is 26.1 Å². The third-order valence-electron chi connectivity index (χ3n) is 4.98. The zero-order valence-electron chi connectivity index (χ0n) is 17.5. The van der Waals surface area contributed by atoms with Crippen LogP contribution in [0, 0.1) is 0 Å². The molecule has 0 fully saturated rings. The van der Waals surface area contributed by atoms with Crippen LogP contribution in [-0.4, -0.2) is 33.0 Å². The van der Waals surface area contributed by atoms with E-state index in [0.717, 1.165) is 11.3 Å². The van der Waals surface area contributed by atoms with Gasteiger partial charge in [0.05, 0.1) is 29.4 Å². The molecule has 0 atom stereocenters. The van der Waals surface area contributed by atoms with E-state index in [1.54, 1.807) is 43.0 Å². The second kappa shape index (κ2) is 7.46. The van der Waals surface area contributed by atoms with Crippen LogP contribution in [0.15, 0.2) is 53.4 Å². The fourth-order valence-corrected chi connectivity index (χ4v) is 4.20. The summed E-state index contributed by atoms with van der Waals surface area (Å²) in [6.45, 7) is 9.81. The maximum atomic E-state index is 12.8. The largest absolute Gasteiger partial charge is 0.370 e. The maximum Gasteiger partial charge on any atom is 0.297 e. The number of nitrogens with zero attached hydrogens (tertiary/aromatic N) is 1. The number of rotatable bonds is 5. The average Bonchev–Trinajstić information content (AvgIpc) is 2.64. The summed E-state index contributed by atoms with van der Waals surface area (Å²) in [5.41, 5.74) is 1.74. The van der Waals surface area contributed by atoms with Crippen LogP contribution in [0.2, 0.25) is 0 Å². The molecule has 7 heteroatoms. The molecule has 6 nitrogen and oxygen atoms in total. The van der Waals surface area contributed by atoms with Gasteiger partial charge in [0.2, 0.25) is 0 Å². The Bertz CT molecular complexity index is 1010. The number of benzene rings is 2. The van der Waals surface area contributed by atoms with Gasteiger partial charge in [-0.25, -0.2) is 0 Å². The van der Waals surface area contributed by atoms with Crippen LogP contribution in [0.4, 0.5) is 11.4 Å². The number of fused-ring (bicyclic) bond motifs is 1. The van der Waals surface area contributed by atoms with Gasteiger partial charge in [-0.3, -0.25) is 8.98 Å². The van der Waals surface area contributed by atoms with E-state index >= 15 is 0 Å². The summed E-state index contributed by atoms with van der Waals surface area (Å²) in [4.78, 5) is 14.5. The van der Waals surface area contributed by atoms with Crippen LogP contribution in [0.3, 0.4) is 0 Å². The van der Waals surface area contributed by atoms with Gasteiger partial charge in [0.1, 0.15) is 5.54 Å². The molecule has 0 bridgehead atoms. The van der Waals surface area contributed by atoms with Gasteiger partial charge < -0.3 is 10.2 Å². The predicted molar refractivity (Wildman–Crippen MR) is 115 cm³/mol. The van der Waals surface area contributed by atoms with Gasteiger partial charge in [0.25, 0.3) is 16.0 Å². The highest BCUT2D eigenvalue weighted by Crippen LogP contribution is 2.34. The molecule has 0 aliphatic carbocycles. The fraction of sp³-hybridized carbons (Fsp3) is 0.409. The van der Waals surface area contributed by atoms with Crippen LogP contribution in [0.25, 0.3) is 0 Å². The Kier molecular flexibility index (Phi) is 5.49. The van der Waals surface area contributed by atoms with Gasteiger partial charge in [-0.15, -0.1) is 0 Å². The molecule has 0 radical (unpaired) electrons. The Labute approximate surface area is 173 Å². The molecule has 0 saturated carbocycles. The molecule has 156 valence electrons. The third-order valence-corrected chi connectivity index (χ3v) is 6.31. The van der Waals surface area contributed by atoms with Crippen molar-refractivity contribution in [3.05, 3.63) is 54.1 Å². The van der Waals surface area contributed by atoms with E-state index in [0.29, 0.717) is 5.69 Å². The van der Waals surface area contributed by atoms with Crippen molar-refractivity contribution in [1.29, 1.82) is 0 Å². The number of amides is 1. The molecule has 2 aromatic carbocycles. The first-order chi connectivity index (χ1) is 13.4. The second-order valence-electron chi connectivity index (χ2n) is 8.77. The summed E-state index contributed by atoms with van der Waals surface area (Å²) in [5, 5.41) is 3.22. The molecule has 0 spiro atoms. The minimum atomic E-state index is -3.90. The van der Waals surface area contributed by atoms with E-state index in [1.807, 2.05) is 24.3 Å². The minimum absolute atomic E-state index is 0.0635. The molecule has 1 aliphatic heterocycles. The average molecular weight is 417 g/mol. The van der Waals surface area contributed by atoms with Crippen molar-refractivity contribution in [2.45, 2.75) is 50.5 Å². The lowest BCUT2D eigenvalue weighted by Crippen LogP contribution is -2.54. The Balaban J connectivity index is 1.72. The summed E-state index contributed by atoms with van der Waals surface area (Å²) >= 11 is 0. The molecule has 1 amide bonds.